The maximum Gasteiger partial charge on any atom is 0.161 e. The van der Waals surface area contributed by atoms with E-state index in [1.54, 1.807) is 18.4 Å². The van der Waals surface area contributed by atoms with E-state index >= 15 is 0 Å². The molecule has 2 N–H and O–H groups in total. The van der Waals surface area contributed by atoms with Crippen LogP contribution in [0.1, 0.15) is 10.8 Å². The molecule has 18 heavy (non-hydrogen) atoms. The Labute approximate surface area is 111 Å². The van der Waals surface area contributed by atoms with E-state index < -0.39 is 0 Å². The molecule has 0 aliphatic heterocycles. The van der Waals surface area contributed by atoms with Crippen LogP contribution in [-0.4, -0.2) is 20.3 Å². The van der Waals surface area contributed by atoms with Gasteiger partial charge in [0.1, 0.15) is 0 Å². The SMILES string of the molecule is COc1ccccc1OCC(CN)c1cccs1. The van der Waals surface area contributed by atoms with Gasteiger partial charge in [0.25, 0.3) is 0 Å². The normalized spacial score (nSPS) is 12.1. The van der Waals surface area contributed by atoms with E-state index in [9.17, 15) is 0 Å². The third kappa shape index (κ3) is 3.03. The van der Waals surface area contributed by atoms with E-state index in [0.29, 0.717) is 13.2 Å². The van der Waals surface area contributed by atoms with E-state index in [1.165, 1.54) is 4.88 Å². The molecule has 0 saturated carbocycles. The van der Waals surface area contributed by atoms with Gasteiger partial charge in [-0.05, 0) is 23.6 Å². The summed E-state index contributed by atoms with van der Waals surface area (Å²) in [5, 5.41) is 2.06. The Hall–Kier alpha value is -1.52. The quantitative estimate of drug-likeness (QED) is 0.871. The van der Waals surface area contributed by atoms with Gasteiger partial charge in [-0.3, -0.25) is 0 Å². The zero-order chi connectivity index (χ0) is 12.8. The lowest BCUT2D eigenvalue weighted by Crippen LogP contribution is -2.18. The van der Waals surface area contributed by atoms with Crippen LogP contribution in [0.25, 0.3) is 0 Å². The van der Waals surface area contributed by atoms with Gasteiger partial charge in [0.15, 0.2) is 11.5 Å². The van der Waals surface area contributed by atoms with Gasteiger partial charge in [-0.2, -0.15) is 0 Å². The van der Waals surface area contributed by atoms with Crippen LogP contribution in [-0.2, 0) is 0 Å². The molecule has 0 aliphatic rings. The molecule has 96 valence electrons. The standard InChI is InChI=1S/C14H17NO2S/c1-16-12-5-2-3-6-13(12)17-10-11(9-15)14-7-4-8-18-14/h2-8,11H,9-10,15H2,1H3. The fraction of sp³-hybridized carbons (Fsp3) is 0.286. The van der Waals surface area contributed by atoms with Crippen LogP contribution in [0.2, 0.25) is 0 Å². The summed E-state index contributed by atoms with van der Waals surface area (Å²) < 4.78 is 11.1. The summed E-state index contributed by atoms with van der Waals surface area (Å²) in [4.78, 5) is 1.26. The second kappa shape index (κ2) is 6.42. The minimum atomic E-state index is 0.231. The molecule has 0 bridgehead atoms. The molecule has 4 heteroatoms. The summed E-state index contributed by atoms with van der Waals surface area (Å²) >= 11 is 1.71. The van der Waals surface area contributed by atoms with Crippen molar-refractivity contribution in [1.29, 1.82) is 0 Å². The van der Waals surface area contributed by atoms with Crippen molar-refractivity contribution in [3.63, 3.8) is 0 Å². The van der Waals surface area contributed by atoms with Gasteiger partial charge in [0.05, 0.1) is 13.7 Å². The van der Waals surface area contributed by atoms with E-state index in [-0.39, 0.29) is 5.92 Å². The first-order valence-electron chi connectivity index (χ1n) is 5.84. The van der Waals surface area contributed by atoms with Gasteiger partial charge in [0, 0.05) is 17.3 Å². The number of methoxy groups -OCH3 is 1. The summed E-state index contributed by atoms with van der Waals surface area (Å²) in [6.07, 6.45) is 0. The fourth-order valence-corrected chi connectivity index (χ4v) is 2.55. The number of ether oxygens (including phenoxy) is 2. The Balaban J connectivity index is 2.02. The van der Waals surface area contributed by atoms with Crippen LogP contribution >= 0.6 is 11.3 Å². The lowest BCUT2D eigenvalue weighted by atomic mass is 10.1. The van der Waals surface area contributed by atoms with Crippen molar-refractivity contribution in [3.8, 4) is 11.5 Å². The molecule has 0 radical (unpaired) electrons. The number of rotatable bonds is 6. The van der Waals surface area contributed by atoms with Gasteiger partial charge in [-0.1, -0.05) is 18.2 Å². The van der Waals surface area contributed by atoms with Gasteiger partial charge in [0.2, 0.25) is 0 Å². The summed E-state index contributed by atoms with van der Waals surface area (Å²) in [6.45, 7) is 1.15. The summed E-state index contributed by atoms with van der Waals surface area (Å²) in [5.74, 6) is 1.74. The number of hydrogen-bond donors (Lipinski definition) is 1. The van der Waals surface area contributed by atoms with E-state index in [4.69, 9.17) is 15.2 Å². The highest BCUT2D eigenvalue weighted by Crippen LogP contribution is 2.28. The number of hydrogen-bond acceptors (Lipinski definition) is 4. The van der Waals surface area contributed by atoms with E-state index in [2.05, 4.69) is 11.4 Å². The maximum atomic E-state index is 5.81. The van der Waals surface area contributed by atoms with Gasteiger partial charge >= 0.3 is 0 Å². The molecule has 0 aliphatic carbocycles. The molecule has 1 aromatic heterocycles. The molecular weight excluding hydrogens is 246 g/mol. The fourth-order valence-electron chi connectivity index (χ4n) is 1.72. The predicted octanol–water partition coefficient (Wildman–Crippen LogP) is 2.88. The summed E-state index contributed by atoms with van der Waals surface area (Å²) in [6, 6.07) is 11.8. The molecule has 0 spiro atoms. The monoisotopic (exact) mass is 263 g/mol. The minimum absolute atomic E-state index is 0.231. The molecule has 1 aromatic carbocycles. The maximum absolute atomic E-state index is 5.81. The smallest absolute Gasteiger partial charge is 0.161 e. The van der Waals surface area contributed by atoms with Crippen LogP contribution in [0.15, 0.2) is 41.8 Å². The van der Waals surface area contributed by atoms with Crippen LogP contribution < -0.4 is 15.2 Å². The second-order valence-electron chi connectivity index (χ2n) is 3.91. The van der Waals surface area contributed by atoms with Crippen molar-refractivity contribution in [1.82, 2.24) is 0 Å². The van der Waals surface area contributed by atoms with Crippen molar-refractivity contribution in [2.24, 2.45) is 5.73 Å². The molecule has 1 heterocycles. The molecule has 0 fully saturated rings. The average molecular weight is 263 g/mol. The highest BCUT2D eigenvalue weighted by Gasteiger charge is 2.12. The largest absolute Gasteiger partial charge is 0.493 e. The highest BCUT2D eigenvalue weighted by atomic mass is 32.1. The van der Waals surface area contributed by atoms with Crippen LogP contribution in [0, 0.1) is 0 Å². The molecule has 1 unspecified atom stereocenters. The Bertz CT molecular complexity index is 470. The first kappa shape index (κ1) is 12.9. The number of thiophene rings is 1. The molecular formula is C14H17NO2S. The van der Waals surface area contributed by atoms with Crippen molar-refractivity contribution in [3.05, 3.63) is 46.7 Å². The molecule has 2 rings (SSSR count). The predicted molar refractivity (Wildman–Crippen MR) is 74.6 cm³/mol. The third-order valence-electron chi connectivity index (χ3n) is 2.74. The number of para-hydroxylation sites is 2. The lowest BCUT2D eigenvalue weighted by Gasteiger charge is -2.16. The van der Waals surface area contributed by atoms with Gasteiger partial charge in [-0.15, -0.1) is 11.3 Å². The zero-order valence-electron chi connectivity index (χ0n) is 10.3. The summed E-state index contributed by atoms with van der Waals surface area (Å²) in [7, 11) is 1.64. The Morgan fingerprint density at radius 3 is 2.56 bits per heavy atom. The molecule has 0 amide bonds. The molecule has 2 aromatic rings. The zero-order valence-corrected chi connectivity index (χ0v) is 11.2. The third-order valence-corrected chi connectivity index (χ3v) is 3.77. The Morgan fingerprint density at radius 1 is 1.17 bits per heavy atom. The van der Waals surface area contributed by atoms with E-state index in [1.807, 2.05) is 30.3 Å². The first-order chi connectivity index (χ1) is 8.85. The minimum Gasteiger partial charge on any atom is -0.493 e. The Kier molecular flexibility index (Phi) is 4.61. The molecule has 0 saturated heterocycles. The lowest BCUT2D eigenvalue weighted by molar-refractivity contribution is 0.274. The average Bonchev–Trinajstić information content (AvgIpc) is 2.94. The van der Waals surface area contributed by atoms with Crippen molar-refractivity contribution in [2.45, 2.75) is 5.92 Å². The summed E-state index contributed by atoms with van der Waals surface area (Å²) in [5.41, 5.74) is 5.79. The molecule has 1 atom stereocenters. The van der Waals surface area contributed by atoms with E-state index in [0.717, 1.165) is 11.5 Å². The Morgan fingerprint density at radius 2 is 1.94 bits per heavy atom. The topological polar surface area (TPSA) is 44.5 Å². The molecule has 3 nitrogen and oxygen atoms in total. The van der Waals surface area contributed by atoms with Crippen molar-refractivity contribution in [2.75, 3.05) is 20.3 Å². The van der Waals surface area contributed by atoms with Crippen LogP contribution in [0.3, 0.4) is 0 Å². The number of nitrogens with two attached hydrogens (primary N) is 1. The van der Waals surface area contributed by atoms with Gasteiger partial charge < -0.3 is 15.2 Å². The second-order valence-corrected chi connectivity index (χ2v) is 4.89. The van der Waals surface area contributed by atoms with Crippen LogP contribution in [0.4, 0.5) is 0 Å². The van der Waals surface area contributed by atoms with Crippen LogP contribution in [0.5, 0.6) is 11.5 Å². The first-order valence-corrected chi connectivity index (χ1v) is 6.72. The van der Waals surface area contributed by atoms with Crippen molar-refractivity contribution >= 4 is 11.3 Å². The van der Waals surface area contributed by atoms with Crippen molar-refractivity contribution < 1.29 is 9.47 Å². The highest BCUT2D eigenvalue weighted by molar-refractivity contribution is 7.10. The van der Waals surface area contributed by atoms with Gasteiger partial charge in [-0.25, -0.2) is 0 Å². The number of benzene rings is 1.